The van der Waals surface area contributed by atoms with Crippen LogP contribution in [0.2, 0.25) is 0 Å². The van der Waals surface area contributed by atoms with Gasteiger partial charge in [-0.1, -0.05) is 19.9 Å². The van der Waals surface area contributed by atoms with E-state index in [0.717, 1.165) is 24.3 Å². The van der Waals surface area contributed by atoms with E-state index in [2.05, 4.69) is 52.1 Å². The van der Waals surface area contributed by atoms with E-state index in [-0.39, 0.29) is 5.25 Å². The Kier molecular flexibility index (Phi) is 6.73. The quantitative estimate of drug-likeness (QED) is 0.827. The van der Waals surface area contributed by atoms with Crippen molar-refractivity contribution in [3.8, 4) is 0 Å². The molecular formula is C16H27NOS. The summed E-state index contributed by atoms with van der Waals surface area (Å²) < 4.78 is 12.6. The van der Waals surface area contributed by atoms with Gasteiger partial charge in [-0.15, -0.1) is 0 Å². The molecule has 0 radical (unpaired) electrons. The summed E-state index contributed by atoms with van der Waals surface area (Å²) in [5.41, 5.74) is 2.47. The second-order valence-corrected chi connectivity index (χ2v) is 7.03. The third-order valence-electron chi connectivity index (χ3n) is 3.71. The van der Waals surface area contributed by atoms with E-state index < -0.39 is 10.8 Å². The average molecular weight is 281 g/mol. The second kappa shape index (κ2) is 7.81. The first-order chi connectivity index (χ1) is 9.01. The maximum absolute atomic E-state index is 12.6. The van der Waals surface area contributed by atoms with Crippen molar-refractivity contribution in [2.45, 2.75) is 63.6 Å². The van der Waals surface area contributed by atoms with Gasteiger partial charge in [-0.05, 0) is 63.4 Å². The van der Waals surface area contributed by atoms with Gasteiger partial charge >= 0.3 is 0 Å². The van der Waals surface area contributed by atoms with Gasteiger partial charge in [0.15, 0.2) is 0 Å². The van der Waals surface area contributed by atoms with Gasteiger partial charge in [0.25, 0.3) is 0 Å². The molecule has 1 aromatic carbocycles. The van der Waals surface area contributed by atoms with Crippen molar-refractivity contribution in [3.05, 3.63) is 29.3 Å². The first-order valence-corrected chi connectivity index (χ1v) is 8.43. The standard InChI is InChI=1S/C16H27NOS/c1-6-10-17-16(7-2)14(5)19(18)15-9-8-12(3)13(4)11-15/h8-9,11,14,16-17H,6-7,10H2,1-5H3. The zero-order valence-electron chi connectivity index (χ0n) is 12.8. The molecule has 0 heterocycles. The lowest BCUT2D eigenvalue weighted by Crippen LogP contribution is -2.40. The molecular weight excluding hydrogens is 254 g/mol. The topological polar surface area (TPSA) is 29.1 Å². The number of hydrogen-bond donors (Lipinski definition) is 1. The molecule has 1 aromatic rings. The smallest absolute Gasteiger partial charge is 0.0573 e. The largest absolute Gasteiger partial charge is 0.313 e. The van der Waals surface area contributed by atoms with E-state index in [1.54, 1.807) is 0 Å². The molecule has 1 rings (SSSR count). The highest BCUT2D eigenvalue weighted by atomic mass is 32.2. The predicted molar refractivity (Wildman–Crippen MR) is 84.2 cm³/mol. The van der Waals surface area contributed by atoms with Gasteiger partial charge in [-0.2, -0.15) is 0 Å². The lowest BCUT2D eigenvalue weighted by molar-refractivity contribution is 0.486. The first kappa shape index (κ1) is 16.4. The van der Waals surface area contributed by atoms with E-state index in [4.69, 9.17) is 0 Å². The molecule has 0 spiro atoms. The normalized spacial score (nSPS) is 16.1. The monoisotopic (exact) mass is 281 g/mol. The number of aryl methyl sites for hydroxylation is 2. The molecule has 0 aliphatic heterocycles. The zero-order chi connectivity index (χ0) is 14.4. The van der Waals surface area contributed by atoms with Gasteiger partial charge in [-0.25, -0.2) is 0 Å². The highest BCUT2D eigenvalue weighted by Crippen LogP contribution is 2.18. The minimum Gasteiger partial charge on any atom is -0.313 e. The molecule has 0 saturated carbocycles. The van der Waals surface area contributed by atoms with Gasteiger partial charge in [0.05, 0.1) is 16.0 Å². The first-order valence-electron chi connectivity index (χ1n) is 7.22. The van der Waals surface area contributed by atoms with Crippen molar-refractivity contribution >= 4 is 10.8 Å². The summed E-state index contributed by atoms with van der Waals surface area (Å²) in [6.07, 6.45) is 2.12. The molecule has 0 saturated heterocycles. The van der Waals surface area contributed by atoms with Gasteiger partial charge < -0.3 is 5.32 Å². The Hall–Kier alpha value is -0.670. The van der Waals surface area contributed by atoms with E-state index in [0.29, 0.717) is 6.04 Å². The summed E-state index contributed by atoms with van der Waals surface area (Å²) in [4.78, 5) is 0.951. The SMILES string of the molecule is CCCNC(CC)C(C)S(=O)c1ccc(C)c(C)c1. The molecule has 108 valence electrons. The van der Waals surface area contributed by atoms with Crippen LogP contribution in [0.15, 0.2) is 23.1 Å². The predicted octanol–water partition coefficient (Wildman–Crippen LogP) is 3.58. The van der Waals surface area contributed by atoms with Crippen LogP contribution in [0.4, 0.5) is 0 Å². The lowest BCUT2D eigenvalue weighted by atomic mass is 10.1. The average Bonchev–Trinajstić information content (AvgIpc) is 2.41. The minimum atomic E-state index is -0.943. The molecule has 0 aromatic heterocycles. The fourth-order valence-corrected chi connectivity index (χ4v) is 3.69. The molecule has 0 fully saturated rings. The Labute approximate surface area is 120 Å². The number of nitrogens with one attached hydrogen (secondary N) is 1. The number of rotatable bonds is 7. The highest BCUT2D eigenvalue weighted by Gasteiger charge is 2.22. The Morgan fingerprint density at radius 1 is 1.21 bits per heavy atom. The van der Waals surface area contributed by atoms with E-state index in [1.807, 2.05) is 6.07 Å². The van der Waals surface area contributed by atoms with Gasteiger partial charge in [-0.3, -0.25) is 4.21 Å². The Bertz CT molecular complexity index is 431. The fraction of sp³-hybridized carbons (Fsp3) is 0.625. The summed E-state index contributed by atoms with van der Waals surface area (Å²) in [5, 5.41) is 3.64. The molecule has 3 atom stereocenters. The van der Waals surface area contributed by atoms with Crippen molar-refractivity contribution in [1.82, 2.24) is 5.32 Å². The molecule has 0 aliphatic carbocycles. The van der Waals surface area contributed by atoms with Crippen molar-refractivity contribution in [2.75, 3.05) is 6.54 Å². The van der Waals surface area contributed by atoms with Gasteiger partial charge in [0.2, 0.25) is 0 Å². The van der Waals surface area contributed by atoms with Crippen LogP contribution < -0.4 is 5.32 Å². The third-order valence-corrected chi connectivity index (χ3v) is 5.43. The van der Waals surface area contributed by atoms with E-state index >= 15 is 0 Å². The van der Waals surface area contributed by atoms with Crippen LogP contribution in [-0.4, -0.2) is 22.0 Å². The zero-order valence-corrected chi connectivity index (χ0v) is 13.6. The van der Waals surface area contributed by atoms with Crippen LogP contribution in [0.5, 0.6) is 0 Å². The summed E-state index contributed by atoms with van der Waals surface area (Å²) in [5.74, 6) is 0. The molecule has 1 N–H and O–H groups in total. The summed E-state index contributed by atoms with van der Waals surface area (Å²) in [7, 11) is -0.943. The van der Waals surface area contributed by atoms with Crippen molar-refractivity contribution in [1.29, 1.82) is 0 Å². The minimum absolute atomic E-state index is 0.138. The van der Waals surface area contributed by atoms with Crippen molar-refractivity contribution in [3.63, 3.8) is 0 Å². The Morgan fingerprint density at radius 3 is 2.42 bits per heavy atom. The molecule has 3 unspecified atom stereocenters. The lowest BCUT2D eigenvalue weighted by Gasteiger charge is -2.23. The van der Waals surface area contributed by atoms with Gasteiger partial charge in [0.1, 0.15) is 0 Å². The van der Waals surface area contributed by atoms with Crippen molar-refractivity contribution in [2.24, 2.45) is 0 Å². The van der Waals surface area contributed by atoms with Crippen LogP contribution in [0.3, 0.4) is 0 Å². The van der Waals surface area contributed by atoms with Crippen LogP contribution in [0.25, 0.3) is 0 Å². The summed E-state index contributed by atoms with van der Waals surface area (Å²) in [6.45, 7) is 11.6. The molecule has 0 amide bonds. The van der Waals surface area contributed by atoms with Crippen LogP contribution in [-0.2, 0) is 10.8 Å². The second-order valence-electron chi connectivity index (χ2n) is 5.22. The summed E-state index contributed by atoms with van der Waals surface area (Å²) in [6, 6.07) is 6.45. The molecule has 2 nitrogen and oxygen atoms in total. The maximum atomic E-state index is 12.6. The highest BCUT2D eigenvalue weighted by molar-refractivity contribution is 7.85. The maximum Gasteiger partial charge on any atom is 0.0573 e. The van der Waals surface area contributed by atoms with Crippen molar-refractivity contribution < 1.29 is 4.21 Å². The fourth-order valence-electron chi connectivity index (χ4n) is 2.17. The molecule has 3 heteroatoms. The van der Waals surface area contributed by atoms with Gasteiger partial charge in [0, 0.05) is 10.9 Å². The van der Waals surface area contributed by atoms with E-state index in [1.165, 1.54) is 11.1 Å². The van der Waals surface area contributed by atoms with E-state index in [9.17, 15) is 4.21 Å². The van der Waals surface area contributed by atoms with Crippen LogP contribution in [0.1, 0.15) is 44.7 Å². The Morgan fingerprint density at radius 2 is 1.89 bits per heavy atom. The summed E-state index contributed by atoms with van der Waals surface area (Å²) >= 11 is 0. The third kappa shape index (κ3) is 4.43. The number of benzene rings is 1. The molecule has 0 aliphatic rings. The number of hydrogen-bond acceptors (Lipinski definition) is 2. The Balaban J connectivity index is 2.82. The van der Waals surface area contributed by atoms with Crippen LogP contribution in [0, 0.1) is 13.8 Å². The molecule has 19 heavy (non-hydrogen) atoms. The molecule has 0 bridgehead atoms. The van der Waals surface area contributed by atoms with Crippen LogP contribution >= 0.6 is 0 Å².